The van der Waals surface area contributed by atoms with E-state index in [-0.39, 0.29) is 0 Å². The zero-order valence-electron chi connectivity index (χ0n) is 11.8. The summed E-state index contributed by atoms with van der Waals surface area (Å²) in [5.41, 5.74) is 1.26. The molecule has 1 aromatic heterocycles. The van der Waals surface area contributed by atoms with Crippen LogP contribution in [0.3, 0.4) is 0 Å². The van der Waals surface area contributed by atoms with E-state index in [2.05, 4.69) is 37.5 Å². The molecule has 0 saturated carbocycles. The molecule has 0 aliphatic carbocycles. The van der Waals surface area contributed by atoms with Crippen molar-refractivity contribution in [3.05, 3.63) is 23.2 Å². The molecule has 0 spiro atoms. The molecule has 0 saturated heterocycles. The van der Waals surface area contributed by atoms with Gasteiger partial charge in [0.15, 0.2) is 0 Å². The van der Waals surface area contributed by atoms with Gasteiger partial charge in [0.05, 0.1) is 0 Å². The summed E-state index contributed by atoms with van der Waals surface area (Å²) in [5, 5.41) is 6.96. The Morgan fingerprint density at radius 1 is 1.18 bits per heavy atom. The Labute approximate surface area is 105 Å². The summed E-state index contributed by atoms with van der Waals surface area (Å²) in [6.07, 6.45) is 0. The molecule has 1 aromatic rings. The maximum atomic E-state index is 5.50. The summed E-state index contributed by atoms with van der Waals surface area (Å²) < 4.78 is 5.50. The Bertz CT molecular complexity index is 331. The van der Waals surface area contributed by atoms with Gasteiger partial charge in [-0.25, -0.2) is 0 Å². The summed E-state index contributed by atoms with van der Waals surface area (Å²) >= 11 is 0. The van der Waals surface area contributed by atoms with E-state index >= 15 is 0 Å². The molecule has 0 amide bonds. The van der Waals surface area contributed by atoms with Gasteiger partial charge in [0.1, 0.15) is 11.5 Å². The van der Waals surface area contributed by atoms with Gasteiger partial charge in [-0.3, -0.25) is 0 Å². The van der Waals surface area contributed by atoms with Gasteiger partial charge in [0.25, 0.3) is 0 Å². The van der Waals surface area contributed by atoms with Crippen LogP contribution < -0.4 is 10.6 Å². The van der Waals surface area contributed by atoms with Crippen LogP contribution in [0, 0.1) is 19.8 Å². The van der Waals surface area contributed by atoms with Crippen LogP contribution in [0.15, 0.2) is 10.5 Å². The molecule has 1 heterocycles. The van der Waals surface area contributed by atoms with Crippen LogP contribution in [0.5, 0.6) is 0 Å². The van der Waals surface area contributed by atoms with Gasteiger partial charge in [0.2, 0.25) is 0 Å². The van der Waals surface area contributed by atoms with Crippen molar-refractivity contribution in [1.29, 1.82) is 0 Å². The number of hydrogen-bond donors (Lipinski definition) is 2. The molecule has 2 N–H and O–H groups in total. The normalized spacial score (nSPS) is 13.3. The fourth-order valence-corrected chi connectivity index (χ4v) is 1.80. The molecule has 0 bridgehead atoms. The minimum Gasteiger partial charge on any atom is -0.466 e. The molecule has 17 heavy (non-hydrogen) atoms. The Kier molecular flexibility index (Phi) is 5.72. The molecule has 1 unspecified atom stereocenters. The minimum atomic E-state index is 0.475. The van der Waals surface area contributed by atoms with Gasteiger partial charge >= 0.3 is 0 Å². The lowest BCUT2D eigenvalue weighted by molar-refractivity contribution is 0.466. The molecular formula is C14H26N2O. The molecule has 3 nitrogen and oxygen atoms in total. The Hall–Kier alpha value is -0.800. The molecule has 3 heteroatoms. The number of rotatable bonds is 7. The molecule has 0 fully saturated rings. The van der Waals surface area contributed by atoms with Crippen LogP contribution in [0.4, 0.5) is 0 Å². The van der Waals surface area contributed by atoms with Gasteiger partial charge in [-0.05, 0) is 39.3 Å². The van der Waals surface area contributed by atoms with Crippen LogP contribution in [0.1, 0.15) is 37.9 Å². The van der Waals surface area contributed by atoms with E-state index in [0.29, 0.717) is 12.0 Å². The first-order valence-corrected chi connectivity index (χ1v) is 6.49. The second kappa shape index (κ2) is 6.82. The maximum absolute atomic E-state index is 5.50. The smallest absolute Gasteiger partial charge is 0.105 e. The van der Waals surface area contributed by atoms with E-state index in [9.17, 15) is 0 Å². The van der Waals surface area contributed by atoms with Crippen molar-refractivity contribution < 1.29 is 4.42 Å². The average molecular weight is 238 g/mol. The molecule has 0 aromatic carbocycles. The lowest BCUT2D eigenvalue weighted by Gasteiger charge is -2.15. The standard InChI is InChI=1S/C14H26N2O/c1-10(2)7-15-8-11(3)16-9-14-6-12(4)17-13(14)5/h6,10-11,15-16H,7-9H2,1-5H3. The van der Waals surface area contributed by atoms with Crippen molar-refractivity contribution in [1.82, 2.24) is 10.6 Å². The van der Waals surface area contributed by atoms with E-state index in [1.165, 1.54) is 5.56 Å². The molecular weight excluding hydrogens is 212 g/mol. The zero-order chi connectivity index (χ0) is 12.8. The SMILES string of the molecule is Cc1cc(CNC(C)CNCC(C)C)c(C)o1. The van der Waals surface area contributed by atoms with Crippen molar-refractivity contribution >= 4 is 0 Å². The summed E-state index contributed by atoms with van der Waals surface area (Å²) in [6.45, 7) is 13.6. The largest absolute Gasteiger partial charge is 0.466 e. The second-order valence-electron chi connectivity index (χ2n) is 5.27. The lowest BCUT2D eigenvalue weighted by Crippen LogP contribution is -2.37. The van der Waals surface area contributed by atoms with Crippen molar-refractivity contribution in [2.75, 3.05) is 13.1 Å². The third kappa shape index (κ3) is 5.37. The van der Waals surface area contributed by atoms with Crippen molar-refractivity contribution in [3.63, 3.8) is 0 Å². The quantitative estimate of drug-likeness (QED) is 0.767. The maximum Gasteiger partial charge on any atom is 0.105 e. The third-order valence-corrected chi connectivity index (χ3v) is 2.79. The second-order valence-corrected chi connectivity index (χ2v) is 5.27. The first kappa shape index (κ1) is 14.3. The van der Waals surface area contributed by atoms with Crippen molar-refractivity contribution in [3.8, 4) is 0 Å². The van der Waals surface area contributed by atoms with E-state index in [1.807, 2.05) is 13.8 Å². The molecule has 0 aliphatic rings. The Morgan fingerprint density at radius 2 is 1.88 bits per heavy atom. The first-order valence-electron chi connectivity index (χ1n) is 6.49. The fraction of sp³-hybridized carbons (Fsp3) is 0.714. The Morgan fingerprint density at radius 3 is 2.41 bits per heavy atom. The van der Waals surface area contributed by atoms with Crippen LogP contribution >= 0.6 is 0 Å². The molecule has 0 aliphatic heterocycles. The van der Waals surface area contributed by atoms with E-state index in [4.69, 9.17) is 4.42 Å². The summed E-state index contributed by atoms with van der Waals surface area (Å²) in [5.74, 6) is 2.73. The van der Waals surface area contributed by atoms with Gasteiger partial charge in [0, 0.05) is 24.7 Å². The van der Waals surface area contributed by atoms with Gasteiger partial charge in [-0.1, -0.05) is 13.8 Å². The van der Waals surface area contributed by atoms with Crippen molar-refractivity contribution in [2.45, 2.75) is 47.2 Å². The molecule has 98 valence electrons. The van der Waals surface area contributed by atoms with Gasteiger partial charge in [-0.15, -0.1) is 0 Å². The predicted octanol–water partition coefficient (Wildman–Crippen LogP) is 2.62. The molecule has 1 atom stereocenters. The summed E-state index contributed by atoms with van der Waals surface area (Å²) in [4.78, 5) is 0. The van der Waals surface area contributed by atoms with Gasteiger partial charge < -0.3 is 15.1 Å². The Balaban J connectivity index is 2.23. The highest BCUT2D eigenvalue weighted by molar-refractivity contribution is 5.19. The van der Waals surface area contributed by atoms with E-state index in [1.54, 1.807) is 0 Å². The zero-order valence-corrected chi connectivity index (χ0v) is 11.8. The van der Waals surface area contributed by atoms with E-state index in [0.717, 1.165) is 31.2 Å². The molecule has 1 rings (SSSR count). The summed E-state index contributed by atoms with van der Waals surface area (Å²) in [7, 11) is 0. The highest BCUT2D eigenvalue weighted by Gasteiger charge is 2.06. The number of aryl methyl sites for hydroxylation is 2. The average Bonchev–Trinajstić information content (AvgIpc) is 2.54. The van der Waals surface area contributed by atoms with Crippen LogP contribution in [0.25, 0.3) is 0 Å². The van der Waals surface area contributed by atoms with Gasteiger partial charge in [-0.2, -0.15) is 0 Å². The van der Waals surface area contributed by atoms with E-state index < -0.39 is 0 Å². The van der Waals surface area contributed by atoms with Crippen LogP contribution in [-0.4, -0.2) is 19.1 Å². The highest BCUT2D eigenvalue weighted by Crippen LogP contribution is 2.13. The topological polar surface area (TPSA) is 37.2 Å². The minimum absolute atomic E-state index is 0.475. The predicted molar refractivity (Wildman–Crippen MR) is 72.2 cm³/mol. The lowest BCUT2D eigenvalue weighted by atomic mass is 10.2. The number of furan rings is 1. The summed E-state index contributed by atoms with van der Waals surface area (Å²) in [6, 6.07) is 2.58. The molecule has 0 radical (unpaired) electrons. The monoisotopic (exact) mass is 238 g/mol. The van der Waals surface area contributed by atoms with Crippen LogP contribution in [-0.2, 0) is 6.54 Å². The first-order chi connectivity index (χ1) is 7.99. The number of nitrogens with one attached hydrogen (secondary N) is 2. The van der Waals surface area contributed by atoms with Crippen LogP contribution in [0.2, 0.25) is 0 Å². The highest BCUT2D eigenvalue weighted by atomic mass is 16.3. The number of hydrogen-bond acceptors (Lipinski definition) is 3. The van der Waals surface area contributed by atoms with Crippen molar-refractivity contribution in [2.24, 2.45) is 5.92 Å². The fourth-order valence-electron chi connectivity index (χ4n) is 1.80. The third-order valence-electron chi connectivity index (χ3n) is 2.79.